The zero-order valence-electron chi connectivity index (χ0n) is 17.6. The second-order valence-corrected chi connectivity index (χ2v) is 11.6. The van der Waals surface area contributed by atoms with Gasteiger partial charge in [0.25, 0.3) is 5.56 Å². The summed E-state index contributed by atoms with van der Waals surface area (Å²) in [5.41, 5.74) is 2.02. The SMILES string of the molecule is CS(=O)(=O)Nc1cccc(NC(=O)CCSCc2nc3sc4c(c3c(=O)[nH]2)CCCC4)c1. The van der Waals surface area contributed by atoms with Crippen molar-refractivity contribution >= 4 is 60.6 Å². The standard InChI is InChI=1S/C21H24N4O4S3/c1-32(28,29)25-14-6-4-5-13(11-14)22-18(26)9-10-30-12-17-23-20(27)19-15-7-2-3-8-16(15)31-21(19)24-17/h4-6,11,25H,2-3,7-10,12H2,1H3,(H,22,26)(H,23,24,27). The molecule has 1 aliphatic rings. The second-order valence-electron chi connectivity index (χ2n) is 7.71. The van der Waals surface area contributed by atoms with Gasteiger partial charge in [0.2, 0.25) is 15.9 Å². The van der Waals surface area contributed by atoms with E-state index in [0.717, 1.165) is 35.7 Å². The monoisotopic (exact) mass is 492 g/mol. The highest BCUT2D eigenvalue weighted by Crippen LogP contribution is 2.33. The molecule has 0 radical (unpaired) electrons. The Morgan fingerprint density at radius 3 is 2.84 bits per heavy atom. The molecule has 2 heterocycles. The van der Waals surface area contributed by atoms with Crippen molar-refractivity contribution < 1.29 is 13.2 Å². The lowest BCUT2D eigenvalue weighted by Crippen LogP contribution is -2.14. The first-order chi connectivity index (χ1) is 15.3. The molecule has 32 heavy (non-hydrogen) atoms. The molecule has 1 aromatic carbocycles. The third-order valence-corrected chi connectivity index (χ3v) is 7.80. The molecule has 0 bridgehead atoms. The van der Waals surface area contributed by atoms with Gasteiger partial charge in [-0.1, -0.05) is 6.07 Å². The molecule has 3 aromatic rings. The summed E-state index contributed by atoms with van der Waals surface area (Å²) in [7, 11) is -3.38. The highest BCUT2D eigenvalue weighted by molar-refractivity contribution is 7.98. The third-order valence-electron chi connectivity index (χ3n) is 5.04. The normalized spacial score (nSPS) is 13.7. The zero-order chi connectivity index (χ0) is 22.7. The van der Waals surface area contributed by atoms with E-state index in [1.165, 1.54) is 28.6 Å². The number of aromatic amines is 1. The van der Waals surface area contributed by atoms with Gasteiger partial charge in [0.05, 0.1) is 23.1 Å². The topological polar surface area (TPSA) is 121 Å². The van der Waals surface area contributed by atoms with Crippen LogP contribution in [-0.2, 0) is 33.4 Å². The van der Waals surface area contributed by atoms with Gasteiger partial charge in [-0.3, -0.25) is 14.3 Å². The maximum absolute atomic E-state index is 12.6. The molecule has 0 spiro atoms. The van der Waals surface area contributed by atoms with Crippen LogP contribution in [0.3, 0.4) is 0 Å². The number of nitrogens with zero attached hydrogens (tertiary/aromatic N) is 1. The van der Waals surface area contributed by atoms with Crippen LogP contribution in [0, 0.1) is 0 Å². The highest BCUT2D eigenvalue weighted by atomic mass is 32.2. The molecule has 4 rings (SSSR count). The number of carbonyl (C=O) groups is 1. The number of amides is 1. The van der Waals surface area contributed by atoms with Crippen LogP contribution in [0.5, 0.6) is 0 Å². The Balaban J connectivity index is 1.30. The van der Waals surface area contributed by atoms with Gasteiger partial charge >= 0.3 is 0 Å². The Morgan fingerprint density at radius 1 is 1.25 bits per heavy atom. The fraction of sp³-hybridized carbons (Fsp3) is 0.381. The van der Waals surface area contributed by atoms with Crippen LogP contribution in [0.15, 0.2) is 29.1 Å². The predicted molar refractivity (Wildman–Crippen MR) is 131 cm³/mol. The molecular formula is C21H24N4O4S3. The van der Waals surface area contributed by atoms with Gasteiger partial charge in [0, 0.05) is 22.7 Å². The minimum absolute atomic E-state index is 0.0645. The van der Waals surface area contributed by atoms with Gasteiger partial charge in [-0.2, -0.15) is 11.8 Å². The van der Waals surface area contributed by atoms with E-state index < -0.39 is 10.0 Å². The zero-order valence-corrected chi connectivity index (χ0v) is 20.0. The minimum Gasteiger partial charge on any atom is -0.326 e. The first kappa shape index (κ1) is 22.8. The van der Waals surface area contributed by atoms with Crippen molar-refractivity contribution in [1.29, 1.82) is 0 Å². The predicted octanol–water partition coefficient (Wildman–Crippen LogP) is 3.50. The van der Waals surface area contributed by atoms with Crippen LogP contribution in [0.4, 0.5) is 11.4 Å². The van der Waals surface area contributed by atoms with E-state index in [0.29, 0.717) is 28.7 Å². The molecule has 0 unspecified atom stereocenters. The van der Waals surface area contributed by atoms with E-state index in [1.807, 2.05) is 0 Å². The van der Waals surface area contributed by atoms with Crippen molar-refractivity contribution in [2.45, 2.75) is 37.9 Å². The van der Waals surface area contributed by atoms with Crippen LogP contribution >= 0.6 is 23.1 Å². The lowest BCUT2D eigenvalue weighted by molar-refractivity contribution is -0.115. The number of hydrogen-bond donors (Lipinski definition) is 3. The van der Waals surface area contributed by atoms with Crippen LogP contribution in [0.2, 0.25) is 0 Å². The van der Waals surface area contributed by atoms with E-state index in [1.54, 1.807) is 35.6 Å². The van der Waals surface area contributed by atoms with Crippen LogP contribution in [0.1, 0.15) is 35.5 Å². The summed E-state index contributed by atoms with van der Waals surface area (Å²) in [6, 6.07) is 6.54. The molecule has 2 aromatic heterocycles. The molecule has 0 saturated carbocycles. The largest absolute Gasteiger partial charge is 0.326 e. The third kappa shape index (κ3) is 5.70. The maximum Gasteiger partial charge on any atom is 0.259 e. The van der Waals surface area contributed by atoms with Crippen LogP contribution in [0.25, 0.3) is 10.2 Å². The molecular weight excluding hydrogens is 468 g/mol. The smallest absolute Gasteiger partial charge is 0.259 e. The molecule has 8 nitrogen and oxygen atoms in total. The summed E-state index contributed by atoms with van der Waals surface area (Å²) in [6.45, 7) is 0. The molecule has 0 saturated heterocycles. The van der Waals surface area contributed by atoms with Gasteiger partial charge in [-0.05, 0) is 49.4 Å². The van der Waals surface area contributed by atoms with Gasteiger partial charge in [0.1, 0.15) is 10.7 Å². The Labute approximate surface area is 194 Å². The van der Waals surface area contributed by atoms with Crippen molar-refractivity contribution in [3.8, 4) is 0 Å². The van der Waals surface area contributed by atoms with Crippen molar-refractivity contribution in [3.05, 3.63) is 50.9 Å². The number of carbonyl (C=O) groups excluding carboxylic acids is 1. The van der Waals surface area contributed by atoms with Gasteiger partial charge < -0.3 is 10.3 Å². The summed E-state index contributed by atoms with van der Waals surface area (Å²) < 4.78 is 25.1. The number of thiophene rings is 1. The van der Waals surface area contributed by atoms with Gasteiger partial charge in [-0.15, -0.1) is 11.3 Å². The van der Waals surface area contributed by atoms with E-state index in [4.69, 9.17) is 0 Å². The summed E-state index contributed by atoms with van der Waals surface area (Å²) in [6.07, 6.45) is 5.63. The summed E-state index contributed by atoms with van der Waals surface area (Å²) >= 11 is 3.16. The number of rotatable bonds is 8. The molecule has 1 amide bonds. The van der Waals surface area contributed by atoms with Crippen molar-refractivity contribution in [2.24, 2.45) is 0 Å². The molecule has 1 aliphatic carbocycles. The Bertz CT molecular complexity index is 1310. The van der Waals surface area contributed by atoms with E-state index in [-0.39, 0.29) is 17.9 Å². The summed E-state index contributed by atoms with van der Waals surface area (Å²) in [5, 5.41) is 3.52. The number of sulfonamides is 1. The number of benzene rings is 1. The first-order valence-electron chi connectivity index (χ1n) is 10.3. The molecule has 11 heteroatoms. The first-order valence-corrected chi connectivity index (χ1v) is 14.1. The molecule has 170 valence electrons. The number of aromatic nitrogens is 2. The van der Waals surface area contributed by atoms with Crippen molar-refractivity contribution in [3.63, 3.8) is 0 Å². The molecule has 3 N–H and O–H groups in total. The lowest BCUT2D eigenvalue weighted by Gasteiger charge is -2.09. The Morgan fingerprint density at radius 2 is 2.03 bits per heavy atom. The number of anilines is 2. The highest BCUT2D eigenvalue weighted by Gasteiger charge is 2.19. The number of thioether (sulfide) groups is 1. The fourth-order valence-corrected chi connectivity index (χ4v) is 6.35. The average molecular weight is 493 g/mol. The quantitative estimate of drug-likeness (QED) is 0.414. The van der Waals surface area contributed by atoms with E-state index >= 15 is 0 Å². The average Bonchev–Trinajstić information content (AvgIpc) is 3.09. The maximum atomic E-state index is 12.6. The van der Waals surface area contributed by atoms with E-state index in [9.17, 15) is 18.0 Å². The van der Waals surface area contributed by atoms with Crippen molar-refractivity contribution in [1.82, 2.24) is 9.97 Å². The number of aryl methyl sites for hydroxylation is 2. The molecule has 0 fully saturated rings. The molecule has 0 aliphatic heterocycles. The van der Waals surface area contributed by atoms with Crippen LogP contribution < -0.4 is 15.6 Å². The fourth-order valence-electron chi connectivity index (χ4n) is 3.71. The number of hydrogen-bond acceptors (Lipinski definition) is 7. The van der Waals surface area contributed by atoms with Gasteiger partial charge in [0.15, 0.2) is 0 Å². The molecule has 0 atom stereocenters. The number of nitrogens with one attached hydrogen (secondary N) is 3. The second kappa shape index (κ2) is 9.63. The van der Waals surface area contributed by atoms with Gasteiger partial charge in [-0.25, -0.2) is 13.4 Å². The van der Waals surface area contributed by atoms with Crippen molar-refractivity contribution in [2.75, 3.05) is 22.0 Å². The lowest BCUT2D eigenvalue weighted by atomic mass is 9.97. The summed E-state index contributed by atoms with van der Waals surface area (Å²) in [4.78, 5) is 34.5. The number of fused-ring (bicyclic) bond motifs is 3. The summed E-state index contributed by atoms with van der Waals surface area (Å²) in [5.74, 6) is 1.55. The Hall–Kier alpha value is -2.37. The Kier molecular flexibility index (Phi) is 6.87. The van der Waals surface area contributed by atoms with E-state index in [2.05, 4.69) is 20.0 Å². The minimum atomic E-state index is -3.38. The number of H-pyrrole nitrogens is 1. The van der Waals surface area contributed by atoms with Crippen LogP contribution in [-0.4, -0.2) is 36.3 Å².